The molecule has 2 aliphatic heterocycles. The lowest BCUT2D eigenvalue weighted by molar-refractivity contribution is -0.359. The van der Waals surface area contributed by atoms with Gasteiger partial charge in [-0.05, 0) is 70.6 Å². The zero-order valence-corrected chi connectivity index (χ0v) is 59.1. The Morgan fingerprint density at radius 3 is 1.07 bits per heavy atom. The van der Waals surface area contributed by atoms with Crippen molar-refractivity contribution in [2.45, 2.75) is 421 Å². The smallest absolute Gasteiger partial charge is 0.220 e. The van der Waals surface area contributed by atoms with E-state index in [0.717, 1.165) is 44.9 Å². The van der Waals surface area contributed by atoms with E-state index in [1.165, 1.54) is 270 Å². The third kappa shape index (κ3) is 45.5. The van der Waals surface area contributed by atoms with Gasteiger partial charge in [0, 0.05) is 6.42 Å². The van der Waals surface area contributed by atoms with Gasteiger partial charge in [-0.1, -0.05) is 319 Å². The zero-order valence-electron chi connectivity index (χ0n) is 59.1. The number of allylic oxidation sites excluding steroid dienone is 7. The predicted octanol–water partition coefficient (Wildman–Crippen LogP) is 17.0. The predicted molar refractivity (Wildman–Crippen MR) is 378 cm³/mol. The van der Waals surface area contributed by atoms with Crippen LogP contribution in [0.25, 0.3) is 0 Å². The molecule has 14 heteroatoms. The van der Waals surface area contributed by atoms with Crippen LogP contribution in [-0.4, -0.2) is 140 Å². The van der Waals surface area contributed by atoms with Crippen LogP contribution in [0.1, 0.15) is 348 Å². The number of carbonyl (C=O) groups excluding carboxylic acids is 1. The maximum absolute atomic E-state index is 13.4. The molecule has 2 heterocycles. The van der Waals surface area contributed by atoms with E-state index in [2.05, 4.69) is 55.6 Å². The molecule has 540 valence electrons. The van der Waals surface area contributed by atoms with Gasteiger partial charge >= 0.3 is 0 Å². The summed E-state index contributed by atoms with van der Waals surface area (Å²) in [6.45, 7) is 2.83. The SMILES string of the molecule is CCCCCCCCCC/C=C\CCCCCCCCCCCCCCCCCC(=O)NC(COC1OC(CO)C(OC2OC(CO)C(O)C(O)C2O)C(O)C1O)C(O)/C=C/CC/C=C/CC/C=C/CCCCCCCCCCCCCCCCCCCCCCC. The summed E-state index contributed by atoms with van der Waals surface area (Å²) in [5.74, 6) is -0.248. The molecule has 2 fully saturated rings. The number of aliphatic hydroxyl groups is 8. The summed E-state index contributed by atoms with van der Waals surface area (Å²) in [5.41, 5.74) is 0. The van der Waals surface area contributed by atoms with Crippen molar-refractivity contribution in [3.63, 3.8) is 0 Å². The van der Waals surface area contributed by atoms with E-state index in [1.54, 1.807) is 6.08 Å². The van der Waals surface area contributed by atoms with Crippen LogP contribution in [0.5, 0.6) is 0 Å². The second-order valence-electron chi connectivity index (χ2n) is 27.5. The number of hydrogen-bond donors (Lipinski definition) is 9. The first-order chi connectivity index (χ1) is 45.1. The Hall–Kier alpha value is -2.05. The lowest BCUT2D eigenvalue weighted by atomic mass is 9.97. The van der Waals surface area contributed by atoms with E-state index in [4.69, 9.17) is 18.9 Å². The molecule has 0 aromatic rings. The molecule has 0 bridgehead atoms. The van der Waals surface area contributed by atoms with Gasteiger partial charge in [-0.25, -0.2) is 0 Å². The third-order valence-corrected chi connectivity index (χ3v) is 19.0. The highest BCUT2D eigenvalue weighted by molar-refractivity contribution is 5.76. The minimum Gasteiger partial charge on any atom is -0.394 e. The van der Waals surface area contributed by atoms with Gasteiger partial charge in [0.2, 0.25) is 5.91 Å². The van der Waals surface area contributed by atoms with Crippen molar-refractivity contribution >= 4 is 5.91 Å². The lowest BCUT2D eigenvalue weighted by Gasteiger charge is -2.46. The van der Waals surface area contributed by atoms with Crippen molar-refractivity contribution in [2.75, 3.05) is 19.8 Å². The molecule has 0 aromatic heterocycles. The van der Waals surface area contributed by atoms with Gasteiger partial charge in [0.15, 0.2) is 12.6 Å². The molecular weight excluding hydrogens is 1160 g/mol. The minimum atomic E-state index is -1.79. The fourth-order valence-corrected chi connectivity index (χ4v) is 12.8. The fraction of sp³-hybridized carbons (Fsp3) is 0.885. The number of rotatable bonds is 65. The Bertz CT molecular complexity index is 1730. The van der Waals surface area contributed by atoms with Gasteiger partial charge in [-0.15, -0.1) is 0 Å². The van der Waals surface area contributed by atoms with Crippen LogP contribution < -0.4 is 5.32 Å². The second-order valence-corrected chi connectivity index (χ2v) is 27.5. The molecular formula is C78H145NO13. The van der Waals surface area contributed by atoms with Crippen LogP contribution in [0.15, 0.2) is 48.6 Å². The first-order valence-corrected chi connectivity index (χ1v) is 38.9. The summed E-state index contributed by atoms with van der Waals surface area (Å²) < 4.78 is 22.9. The number of aliphatic hydroxyl groups excluding tert-OH is 8. The van der Waals surface area contributed by atoms with Crippen molar-refractivity contribution < 1.29 is 64.6 Å². The fourth-order valence-electron chi connectivity index (χ4n) is 12.8. The molecule has 2 aliphatic rings. The van der Waals surface area contributed by atoms with Crippen molar-refractivity contribution in [1.29, 1.82) is 0 Å². The Labute approximate surface area is 563 Å². The molecule has 0 aliphatic carbocycles. The Morgan fingerprint density at radius 2 is 0.696 bits per heavy atom. The van der Waals surface area contributed by atoms with Crippen molar-refractivity contribution in [1.82, 2.24) is 5.32 Å². The van der Waals surface area contributed by atoms with E-state index >= 15 is 0 Å². The summed E-state index contributed by atoms with van der Waals surface area (Å²) in [5, 5.41) is 87.6. The molecule has 0 aromatic carbocycles. The molecule has 9 N–H and O–H groups in total. The van der Waals surface area contributed by atoms with Gasteiger partial charge in [0.25, 0.3) is 0 Å². The largest absolute Gasteiger partial charge is 0.394 e. The van der Waals surface area contributed by atoms with E-state index < -0.39 is 86.8 Å². The maximum Gasteiger partial charge on any atom is 0.220 e. The van der Waals surface area contributed by atoms with Crippen molar-refractivity contribution in [3.05, 3.63) is 48.6 Å². The Kier molecular flexibility index (Phi) is 58.4. The van der Waals surface area contributed by atoms with Crippen LogP contribution >= 0.6 is 0 Å². The second kappa shape index (κ2) is 62.5. The molecule has 1 amide bonds. The van der Waals surface area contributed by atoms with E-state index in [-0.39, 0.29) is 18.9 Å². The molecule has 0 saturated carbocycles. The molecule has 12 atom stereocenters. The van der Waals surface area contributed by atoms with Gasteiger partial charge in [0.05, 0.1) is 32.0 Å². The Morgan fingerprint density at radius 1 is 0.380 bits per heavy atom. The highest BCUT2D eigenvalue weighted by Crippen LogP contribution is 2.30. The number of unbranched alkanes of at least 4 members (excludes halogenated alkanes) is 46. The van der Waals surface area contributed by atoms with E-state index in [1.807, 2.05) is 6.08 Å². The van der Waals surface area contributed by atoms with Gasteiger partial charge in [-0.2, -0.15) is 0 Å². The average Bonchev–Trinajstić information content (AvgIpc) is 0.882. The van der Waals surface area contributed by atoms with Crippen LogP contribution in [-0.2, 0) is 23.7 Å². The normalized spacial score (nSPS) is 22.9. The van der Waals surface area contributed by atoms with E-state index in [9.17, 15) is 45.6 Å². The zero-order chi connectivity index (χ0) is 66.6. The van der Waals surface area contributed by atoms with Crippen LogP contribution in [0.2, 0.25) is 0 Å². The molecule has 2 saturated heterocycles. The first kappa shape index (κ1) is 86.0. The summed E-state index contributed by atoms with van der Waals surface area (Å²) in [4.78, 5) is 13.4. The number of amides is 1. The first-order valence-electron chi connectivity index (χ1n) is 38.9. The molecule has 92 heavy (non-hydrogen) atoms. The molecule has 2 rings (SSSR count). The molecule has 0 spiro atoms. The standard InChI is InChI=1S/C78H145NO13/c1-3-5-7-9-11-13-15-17-19-21-23-25-27-29-31-32-33-34-36-37-39-41-43-45-47-49-51-53-55-57-59-61-67(82)66(65-89-77-75(88)73(86)76(69(64-81)91-77)92-78-74(87)72(85)71(84)68(63-80)90-78)79-70(83)62-60-58-56-54-52-50-48-46-44-42-40-38-35-30-28-26-24-22-20-18-16-14-12-10-8-6-4-2/h22,24,43,45,51,53,59,61,66-69,71-78,80-82,84-88H,3-21,23,25-42,44,46-50,52,54-58,60,62-65H2,1-2H3,(H,79,83)/b24-22-,45-43+,53-51+,61-59+. The summed E-state index contributed by atoms with van der Waals surface area (Å²) in [6, 6.07) is -0.940. The molecule has 12 unspecified atom stereocenters. The molecule has 0 radical (unpaired) electrons. The summed E-state index contributed by atoms with van der Waals surface area (Å²) in [6.07, 6.45) is 66.2. The van der Waals surface area contributed by atoms with E-state index in [0.29, 0.717) is 12.8 Å². The summed E-state index contributed by atoms with van der Waals surface area (Å²) in [7, 11) is 0. The number of carbonyl (C=O) groups is 1. The summed E-state index contributed by atoms with van der Waals surface area (Å²) >= 11 is 0. The number of hydrogen-bond acceptors (Lipinski definition) is 13. The monoisotopic (exact) mass is 1300 g/mol. The van der Waals surface area contributed by atoms with Crippen molar-refractivity contribution in [2.24, 2.45) is 0 Å². The Balaban J connectivity index is 1.66. The highest BCUT2D eigenvalue weighted by atomic mass is 16.7. The highest BCUT2D eigenvalue weighted by Gasteiger charge is 2.51. The minimum absolute atomic E-state index is 0.248. The van der Waals surface area contributed by atoms with Crippen LogP contribution in [0.3, 0.4) is 0 Å². The quantitative estimate of drug-likeness (QED) is 0.0204. The van der Waals surface area contributed by atoms with Crippen LogP contribution in [0.4, 0.5) is 0 Å². The topological polar surface area (TPSA) is 228 Å². The number of nitrogens with one attached hydrogen (secondary N) is 1. The lowest BCUT2D eigenvalue weighted by Crippen LogP contribution is -2.65. The van der Waals surface area contributed by atoms with Gasteiger partial charge in [0.1, 0.15) is 48.8 Å². The molecule has 14 nitrogen and oxygen atoms in total. The van der Waals surface area contributed by atoms with Gasteiger partial charge in [-0.3, -0.25) is 4.79 Å². The maximum atomic E-state index is 13.4. The average molecular weight is 1310 g/mol. The number of ether oxygens (including phenoxy) is 4. The van der Waals surface area contributed by atoms with Crippen LogP contribution in [0, 0.1) is 0 Å². The van der Waals surface area contributed by atoms with Crippen molar-refractivity contribution in [3.8, 4) is 0 Å². The van der Waals surface area contributed by atoms with Gasteiger partial charge < -0.3 is 65.1 Å². The third-order valence-electron chi connectivity index (χ3n) is 19.0.